The van der Waals surface area contributed by atoms with Gasteiger partial charge in [0.05, 0.1) is 57.9 Å². The first-order chi connectivity index (χ1) is 50.9. The summed E-state index contributed by atoms with van der Waals surface area (Å²) in [4.78, 5) is 26.4. The van der Waals surface area contributed by atoms with E-state index in [-0.39, 0.29) is 12.3 Å². The third kappa shape index (κ3) is 27.1. The summed E-state index contributed by atoms with van der Waals surface area (Å²) in [6, 6.07) is -2.87. The minimum Gasteiger partial charge on any atom is -0.394 e. The summed E-state index contributed by atoms with van der Waals surface area (Å²) in [5.41, 5.74) is 0. The van der Waals surface area contributed by atoms with E-state index < -0.39 is 242 Å². The first-order valence-electron chi connectivity index (χ1n) is 38.8. The van der Waals surface area contributed by atoms with E-state index in [0.717, 1.165) is 58.3 Å². The van der Waals surface area contributed by atoms with E-state index in [2.05, 4.69) is 24.5 Å². The van der Waals surface area contributed by atoms with Crippen molar-refractivity contribution in [3.63, 3.8) is 0 Å². The topological polar surface area (TPSA) is 533 Å². The zero-order valence-corrected chi connectivity index (χ0v) is 62.0. The molecule has 620 valence electrons. The summed E-state index contributed by atoms with van der Waals surface area (Å²) in [5.74, 6) is -1.21. The molecule has 2 amide bonds. The molecule has 6 rings (SSSR count). The lowest BCUT2D eigenvalue weighted by atomic mass is 9.94. The maximum Gasteiger partial charge on any atom is 0.220 e. The molecule has 0 aromatic heterocycles. The van der Waals surface area contributed by atoms with E-state index in [1.54, 1.807) is 6.08 Å². The van der Waals surface area contributed by atoms with Crippen LogP contribution in [0.1, 0.15) is 195 Å². The summed E-state index contributed by atoms with van der Waals surface area (Å²) < 4.78 is 70.7. The Morgan fingerprint density at radius 1 is 0.387 bits per heavy atom. The molecule has 0 radical (unpaired) electrons. The molecule has 6 aliphatic heterocycles. The summed E-state index contributed by atoms with van der Waals surface area (Å²) in [5, 5.41) is 205. The Bertz CT molecular complexity index is 2420. The SMILES string of the molecule is CCCCCCCCCCCCCC=CC(O)C(COC1OC(CO)C(OC2OC(CO)C(OC3OC(CO)C(O)C(OC4OC(CO)C(O)C(OC5OC(CO)C(O)C(O)C5OC5OC(C)C(O)C(O)C5O)C4NC(C)=O)C3O)C(O)C2O)C(O)C1O)NC(=O)CCCCCCCCCCCCCCC. The molecular formula is C72H130N2O32. The fraction of sp³-hybridized carbons (Fsp3) is 0.944. The molecule has 32 atom stereocenters. The number of hydrogen-bond donors (Lipinski definition) is 20. The molecular weight excluding hydrogens is 1400 g/mol. The summed E-state index contributed by atoms with van der Waals surface area (Å²) in [7, 11) is 0. The highest BCUT2D eigenvalue weighted by Gasteiger charge is 2.58. The van der Waals surface area contributed by atoms with Crippen LogP contribution in [-0.2, 0) is 66.4 Å². The second-order valence-corrected chi connectivity index (χ2v) is 29.2. The van der Waals surface area contributed by atoms with Gasteiger partial charge in [-0.15, -0.1) is 0 Å². The summed E-state index contributed by atoms with van der Waals surface area (Å²) >= 11 is 0. The van der Waals surface area contributed by atoms with Crippen molar-refractivity contribution in [2.75, 3.05) is 39.6 Å². The molecule has 0 aromatic carbocycles. The summed E-state index contributed by atoms with van der Waals surface area (Å²) in [6.45, 7) is 1.33. The number of nitrogens with one attached hydrogen (secondary N) is 2. The molecule has 34 nitrogen and oxygen atoms in total. The second-order valence-electron chi connectivity index (χ2n) is 29.2. The molecule has 6 heterocycles. The minimum absolute atomic E-state index is 0.185. The maximum absolute atomic E-state index is 13.5. The van der Waals surface area contributed by atoms with Crippen molar-refractivity contribution in [1.29, 1.82) is 0 Å². The first-order valence-corrected chi connectivity index (χ1v) is 38.8. The van der Waals surface area contributed by atoms with E-state index in [9.17, 15) is 102 Å². The number of aliphatic hydroxyl groups excluding tert-OH is 18. The monoisotopic (exact) mass is 1530 g/mol. The Morgan fingerprint density at radius 3 is 1.27 bits per heavy atom. The van der Waals surface area contributed by atoms with Crippen molar-refractivity contribution in [3.8, 4) is 0 Å². The Morgan fingerprint density at radius 2 is 0.764 bits per heavy atom. The number of aliphatic hydroxyl groups is 18. The number of amides is 2. The normalized spacial score (nSPS) is 38.7. The van der Waals surface area contributed by atoms with Gasteiger partial charge in [-0.05, 0) is 26.2 Å². The molecule has 6 aliphatic rings. The van der Waals surface area contributed by atoms with Crippen LogP contribution in [-0.4, -0.2) is 340 Å². The molecule has 0 spiro atoms. The first kappa shape index (κ1) is 92.3. The molecule has 0 bridgehead atoms. The lowest BCUT2D eigenvalue weighted by Crippen LogP contribution is -2.70. The zero-order valence-electron chi connectivity index (χ0n) is 62.0. The lowest BCUT2D eigenvalue weighted by molar-refractivity contribution is -0.393. The molecule has 0 aromatic rings. The maximum atomic E-state index is 13.5. The van der Waals surface area contributed by atoms with Crippen molar-refractivity contribution in [3.05, 3.63) is 12.2 Å². The van der Waals surface area contributed by atoms with Gasteiger partial charge in [0, 0.05) is 13.3 Å². The van der Waals surface area contributed by atoms with Gasteiger partial charge < -0.3 is 159 Å². The average Bonchev–Trinajstić information content (AvgIpc) is 0.770. The lowest BCUT2D eigenvalue weighted by Gasteiger charge is -2.51. The highest BCUT2D eigenvalue weighted by Crippen LogP contribution is 2.38. The zero-order chi connectivity index (χ0) is 77.6. The Labute approximate surface area is 621 Å². The van der Waals surface area contributed by atoms with Gasteiger partial charge in [-0.2, -0.15) is 0 Å². The number of unbranched alkanes of at least 4 members (excludes halogenated alkanes) is 23. The number of rotatable bonds is 48. The van der Waals surface area contributed by atoms with Crippen LogP contribution in [0.5, 0.6) is 0 Å². The molecule has 6 fully saturated rings. The standard InChI is InChI=1S/C72H130N2O32/c1-5-7-9-11-13-15-17-19-21-23-25-27-29-31-42(81)41(74-48(82)32-30-28-26-24-22-20-18-16-14-12-10-8-6-2)38-95-68-59(92)56(89)62(46(36-78)100-68)102-70-60(93)57(90)63(47(37-79)101-70)103-71-61(94)65(53(86)45(35-77)98-71)105-67-49(73-40(4)80)64(52(85)44(34-76)97-67)104-72-66(55(88)51(84)43(33-75)99-72)106-69-58(91)54(87)50(83)39(3)96-69/h29,31,39,41-47,49-72,75-79,81,83-94H,5-28,30,32-38H2,1-4H3,(H,73,80)(H,74,82). The van der Waals surface area contributed by atoms with E-state index in [1.165, 1.54) is 103 Å². The molecule has 20 N–H and O–H groups in total. The Hall–Kier alpha value is -2.52. The van der Waals surface area contributed by atoms with Gasteiger partial charge in [-0.3, -0.25) is 9.59 Å². The number of carbonyl (C=O) groups is 2. The van der Waals surface area contributed by atoms with Gasteiger partial charge >= 0.3 is 0 Å². The fourth-order valence-electron chi connectivity index (χ4n) is 14.3. The molecule has 0 aliphatic carbocycles. The van der Waals surface area contributed by atoms with Crippen LogP contribution in [0.15, 0.2) is 12.2 Å². The van der Waals surface area contributed by atoms with Gasteiger partial charge in [0.2, 0.25) is 11.8 Å². The van der Waals surface area contributed by atoms with E-state index in [4.69, 9.17) is 56.8 Å². The predicted octanol–water partition coefficient (Wildman–Crippen LogP) is -2.32. The van der Waals surface area contributed by atoms with Crippen LogP contribution in [0.25, 0.3) is 0 Å². The van der Waals surface area contributed by atoms with Crippen molar-refractivity contribution >= 4 is 11.8 Å². The van der Waals surface area contributed by atoms with E-state index in [1.807, 2.05) is 6.08 Å². The van der Waals surface area contributed by atoms with Gasteiger partial charge in [-0.25, -0.2) is 0 Å². The smallest absolute Gasteiger partial charge is 0.220 e. The highest BCUT2D eigenvalue weighted by atomic mass is 16.8. The van der Waals surface area contributed by atoms with Gasteiger partial charge in [0.1, 0.15) is 140 Å². The van der Waals surface area contributed by atoms with Crippen LogP contribution in [0, 0.1) is 0 Å². The minimum atomic E-state index is -2.25. The van der Waals surface area contributed by atoms with Gasteiger partial charge in [0.25, 0.3) is 0 Å². The molecule has 32 unspecified atom stereocenters. The van der Waals surface area contributed by atoms with Gasteiger partial charge in [0.15, 0.2) is 37.7 Å². The van der Waals surface area contributed by atoms with Crippen molar-refractivity contribution < 1.29 is 158 Å². The van der Waals surface area contributed by atoms with Crippen LogP contribution in [0.4, 0.5) is 0 Å². The van der Waals surface area contributed by atoms with Crippen LogP contribution in [0.2, 0.25) is 0 Å². The quantitative estimate of drug-likeness (QED) is 0.0225. The molecule has 6 saturated heterocycles. The van der Waals surface area contributed by atoms with Crippen molar-refractivity contribution in [2.45, 2.75) is 391 Å². The Kier molecular flexibility index (Phi) is 42.3. The average molecular weight is 1540 g/mol. The van der Waals surface area contributed by atoms with Crippen LogP contribution < -0.4 is 10.6 Å². The van der Waals surface area contributed by atoms with Crippen molar-refractivity contribution in [2.24, 2.45) is 0 Å². The molecule has 0 saturated carbocycles. The largest absolute Gasteiger partial charge is 0.394 e. The summed E-state index contributed by atoms with van der Waals surface area (Å²) in [6.07, 6.45) is -24.4. The highest BCUT2D eigenvalue weighted by molar-refractivity contribution is 5.76. The van der Waals surface area contributed by atoms with E-state index >= 15 is 0 Å². The number of ether oxygens (including phenoxy) is 12. The van der Waals surface area contributed by atoms with Crippen LogP contribution in [0.3, 0.4) is 0 Å². The van der Waals surface area contributed by atoms with Gasteiger partial charge in [-0.1, -0.05) is 167 Å². The number of carbonyl (C=O) groups excluding carboxylic acids is 2. The predicted molar refractivity (Wildman–Crippen MR) is 372 cm³/mol. The Balaban J connectivity index is 1.09. The third-order valence-electron chi connectivity index (χ3n) is 20.8. The van der Waals surface area contributed by atoms with E-state index in [0.29, 0.717) is 12.8 Å². The number of allylic oxidation sites excluding steroid dienone is 1. The van der Waals surface area contributed by atoms with Crippen LogP contribution >= 0.6 is 0 Å². The molecule has 34 heteroatoms. The fourth-order valence-corrected chi connectivity index (χ4v) is 14.3. The molecule has 106 heavy (non-hydrogen) atoms. The number of hydrogen-bond acceptors (Lipinski definition) is 32. The third-order valence-corrected chi connectivity index (χ3v) is 20.8. The van der Waals surface area contributed by atoms with Crippen molar-refractivity contribution in [1.82, 2.24) is 10.6 Å². The second kappa shape index (κ2) is 48.5.